The lowest BCUT2D eigenvalue weighted by atomic mass is 10.0. The molecular weight excluding hydrogens is 250 g/mol. The number of likely N-dealkylation sites (tertiary alicyclic amines) is 1. The predicted molar refractivity (Wildman–Crippen MR) is 81.9 cm³/mol. The van der Waals surface area contributed by atoms with Gasteiger partial charge in [-0.05, 0) is 43.5 Å². The Morgan fingerprint density at radius 2 is 2.20 bits per heavy atom. The lowest BCUT2D eigenvalue weighted by Crippen LogP contribution is -2.46. The van der Waals surface area contributed by atoms with Gasteiger partial charge in [0.05, 0.1) is 6.61 Å². The van der Waals surface area contributed by atoms with Crippen LogP contribution in [0.3, 0.4) is 0 Å². The smallest absolute Gasteiger partial charge is 0.0587 e. The summed E-state index contributed by atoms with van der Waals surface area (Å²) in [5, 5.41) is 3.51. The van der Waals surface area contributed by atoms with Gasteiger partial charge in [-0.3, -0.25) is 9.88 Å². The fourth-order valence-corrected chi connectivity index (χ4v) is 2.85. The summed E-state index contributed by atoms with van der Waals surface area (Å²) in [6, 6.07) is 4.92. The maximum Gasteiger partial charge on any atom is 0.0587 e. The minimum Gasteiger partial charge on any atom is -0.383 e. The molecule has 112 valence electrons. The van der Waals surface area contributed by atoms with Crippen LogP contribution in [-0.2, 0) is 11.2 Å². The van der Waals surface area contributed by atoms with Gasteiger partial charge in [0.15, 0.2) is 0 Å². The van der Waals surface area contributed by atoms with Crippen molar-refractivity contribution in [1.29, 1.82) is 0 Å². The fraction of sp³-hybridized carbons (Fsp3) is 0.688. The van der Waals surface area contributed by atoms with Crippen LogP contribution in [0.1, 0.15) is 24.8 Å². The van der Waals surface area contributed by atoms with E-state index in [2.05, 4.69) is 27.3 Å². The number of aromatic nitrogens is 1. The molecular formula is C16H27N3O. The van der Waals surface area contributed by atoms with Crippen LogP contribution in [0.25, 0.3) is 0 Å². The molecule has 0 amide bonds. The molecule has 0 bridgehead atoms. The summed E-state index contributed by atoms with van der Waals surface area (Å²) in [6.45, 7) is 5.22. The summed E-state index contributed by atoms with van der Waals surface area (Å²) < 4.78 is 5.08. The van der Waals surface area contributed by atoms with Crippen LogP contribution in [0.5, 0.6) is 0 Å². The number of piperidine rings is 1. The summed E-state index contributed by atoms with van der Waals surface area (Å²) in [5.41, 5.74) is 1.39. The lowest BCUT2D eigenvalue weighted by Gasteiger charge is -2.36. The second-order valence-corrected chi connectivity index (χ2v) is 5.49. The van der Waals surface area contributed by atoms with Crippen molar-refractivity contribution in [2.75, 3.05) is 39.9 Å². The van der Waals surface area contributed by atoms with Crippen molar-refractivity contribution < 1.29 is 4.74 Å². The number of hydrogen-bond acceptors (Lipinski definition) is 4. The number of nitrogens with one attached hydrogen (secondary N) is 1. The van der Waals surface area contributed by atoms with Gasteiger partial charge < -0.3 is 10.1 Å². The Balaban J connectivity index is 1.74. The summed E-state index contributed by atoms with van der Waals surface area (Å²) >= 11 is 0. The van der Waals surface area contributed by atoms with Crippen LogP contribution in [0.15, 0.2) is 24.5 Å². The molecule has 0 radical (unpaired) electrons. The first-order valence-electron chi connectivity index (χ1n) is 7.73. The first kappa shape index (κ1) is 15.4. The molecule has 1 aromatic heterocycles. The summed E-state index contributed by atoms with van der Waals surface area (Å²) in [6.07, 6.45) is 8.91. The summed E-state index contributed by atoms with van der Waals surface area (Å²) in [4.78, 5) is 6.72. The average Bonchev–Trinajstić information content (AvgIpc) is 2.51. The molecule has 1 unspecified atom stereocenters. The van der Waals surface area contributed by atoms with Crippen LogP contribution >= 0.6 is 0 Å². The van der Waals surface area contributed by atoms with Gasteiger partial charge in [0.2, 0.25) is 0 Å². The molecule has 1 N–H and O–H groups in total. The second kappa shape index (κ2) is 9.06. The highest BCUT2D eigenvalue weighted by Gasteiger charge is 2.21. The van der Waals surface area contributed by atoms with Gasteiger partial charge in [-0.2, -0.15) is 0 Å². The van der Waals surface area contributed by atoms with Gasteiger partial charge in [0.25, 0.3) is 0 Å². The number of nitrogens with zero attached hydrogens (tertiary/aromatic N) is 2. The zero-order valence-electron chi connectivity index (χ0n) is 12.6. The van der Waals surface area contributed by atoms with E-state index >= 15 is 0 Å². The quantitative estimate of drug-likeness (QED) is 0.734. The third-order valence-electron chi connectivity index (χ3n) is 4.05. The van der Waals surface area contributed by atoms with Gasteiger partial charge >= 0.3 is 0 Å². The number of hydrogen-bond donors (Lipinski definition) is 1. The molecule has 1 saturated heterocycles. The molecule has 1 aliphatic rings. The molecule has 4 heteroatoms. The van der Waals surface area contributed by atoms with E-state index in [1.165, 1.54) is 31.4 Å². The molecule has 1 aliphatic heterocycles. The Labute approximate surface area is 122 Å². The fourth-order valence-electron chi connectivity index (χ4n) is 2.85. The van der Waals surface area contributed by atoms with E-state index < -0.39 is 0 Å². The van der Waals surface area contributed by atoms with E-state index in [4.69, 9.17) is 4.74 Å². The Kier molecular flexibility index (Phi) is 6.98. The number of pyridine rings is 1. The maximum atomic E-state index is 5.08. The number of rotatable bonds is 8. The molecule has 0 aromatic carbocycles. The molecule has 20 heavy (non-hydrogen) atoms. The van der Waals surface area contributed by atoms with Crippen LogP contribution in [0.4, 0.5) is 0 Å². The Hall–Kier alpha value is -0.970. The zero-order chi connectivity index (χ0) is 14.0. The predicted octanol–water partition coefficient (Wildman–Crippen LogP) is 1.71. The third kappa shape index (κ3) is 5.19. The molecule has 1 atom stereocenters. The highest BCUT2D eigenvalue weighted by atomic mass is 16.5. The van der Waals surface area contributed by atoms with E-state index in [1.807, 2.05) is 12.4 Å². The van der Waals surface area contributed by atoms with Gasteiger partial charge in [0, 0.05) is 45.2 Å². The molecule has 4 nitrogen and oxygen atoms in total. The van der Waals surface area contributed by atoms with Gasteiger partial charge in [0.1, 0.15) is 0 Å². The highest BCUT2D eigenvalue weighted by molar-refractivity contribution is 5.10. The monoisotopic (exact) mass is 277 g/mol. The topological polar surface area (TPSA) is 37.4 Å². The van der Waals surface area contributed by atoms with Crippen LogP contribution in [0, 0.1) is 0 Å². The van der Waals surface area contributed by atoms with Crippen molar-refractivity contribution in [3.05, 3.63) is 30.1 Å². The van der Waals surface area contributed by atoms with Crippen molar-refractivity contribution in [1.82, 2.24) is 15.2 Å². The molecule has 0 spiro atoms. The first-order chi connectivity index (χ1) is 9.90. The van der Waals surface area contributed by atoms with Crippen molar-refractivity contribution in [2.45, 2.75) is 31.7 Å². The Bertz CT molecular complexity index is 358. The third-order valence-corrected chi connectivity index (χ3v) is 4.05. The Morgan fingerprint density at radius 1 is 1.35 bits per heavy atom. The summed E-state index contributed by atoms with van der Waals surface area (Å²) in [7, 11) is 1.75. The van der Waals surface area contributed by atoms with Crippen LogP contribution in [0.2, 0.25) is 0 Å². The molecule has 1 fully saturated rings. The van der Waals surface area contributed by atoms with E-state index in [9.17, 15) is 0 Å². The average molecular weight is 277 g/mol. The Morgan fingerprint density at radius 3 is 3.00 bits per heavy atom. The number of methoxy groups -OCH3 is 1. The van der Waals surface area contributed by atoms with Crippen LogP contribution < -0.4 is 5.32 Å². The van der Waals surface area contributed by atoms with E-state index in [-0.39, 0.29) is 0 Å². The minimum atomic E-state index is 0.683. The van der Waals surface area contributed by atoms with E-state index in [1.54, 1.807) is 7.11 Å². The van der Waals surface area contributed by atoms with E-state index in [0.29, 0.717) is 6.04 Å². The molecule has 1 aromatic rings. The van der Waals surface area contributed by atoms with Crippen molar-refractivity contribution in [3.8, 4) is 0 Å². The maximum absolute atomic E-state index is 5.08. The van der Waals surface area contributed by atoms with Gasteiger partial charge in [-0.15, -0.1) is 0 Å². The van der Waals surface area contributed by atoms with Crippen molar-refractivity contribution in [3.63, 3.8) is 0 Å². The van der Waals surface area contributed by atoms with Gasteiger partial charge in [-0.1, -0.05) is 6.42 Å². The van der Waals surface area contributed by atoms with Crippen LogP contribution in [-0.4, -0.2) is 55.8 Å². The number of ether oxygens (including phenoxy) is 1. The lowest BCUT2D eigenvalue weighted by molar-refractivity contribution is 0.142. The molecule has 0 aliphatic carbocycles. The normalized spacial score (nSPS) is 20.1. The SMILES string of the molecule is COCCNCC1CCCCN1CCc1ccncc1. The minimum absolute atomic E-state index is 0.683. The largest absolute Gasteiger partial charge is 0.383 e. The van der Waals surface area contributed by atoms with Gasteiger partial charge in [-0.25, -0.2) is 0 Å². The standard InChI is InChI=1S/C16H27N3O/c1-20-13-10-18-14-16-4-2-3-11-19(16)12-7-15-5-8-17-9-6-15/h5-6,8-9,16,18H,2-4,7,10-14H2,1H3. The molecule has 2 heterocycles. The second-order valence-electron chi connectivity index (χ2n) is 5.49. The summed E-state index contributed by atoms with van der Waals surface area (Å²) in [5.74, 6) is 0. The van der Waals surface area contributed by atoms with Crippen molar-refractivity contribution >= 4 is 0 Å². The first-order valence-corrected chi connectivity index (χ1v) is 7.73. The zero-order valence-corrected chi connectivity index (χ0v) is 12.6. The molecule has 0 saturated carbocycles. The van der Waals surface area contributed by atoms with Crippen molar-refractivity contribution in [2.24, 2.45) is 0 Å². The highest BCUT2D eigenvalue weighted by Crippen LogP contribution is 2.17. The van der Waals surface area contributed by atoms with E-state index in [0.717, 1.165) is 32.7 Å². The molecule has 2 rings (SSSR count).